The van der Waals surface area contributed by atoms with Gasteiger partial charge in [0.05, 0.1) is 0 Å². The molecule has 4 aromatic carbocycles. The van der Waals surface area contributed by atoms with E-state index in [-0.39, 0.29) is 48.1 Å². The molecule has 4 aromatic rings. The van der Waals surface area contributed by atoms with Gasteiger partial charge in [0.2, 0.25) is 0 Å². The SMILES string of the molecule is Oc1ccc2ccccc2c1-c1c(O)ccc2ccccc12.[CH3-].[CH3-].[Ti+2]. The van der Waals surface area contributed by atoms with E-state index < -0.39 is 0 Å². The zero-order valence-corrected chi connectivity index (χ0v) is 15.9. The molecule has 0 aromatic heterocycles. The van der Waals surface area contributed by atoms with E-state index in [1.54, 1.807) is 12.1 Å². The number of aromatic hydroxyl groups is 2. The Labute approximate surface area is 163 Å². The molecule has 0 atom stereocenters. The molecule has 2 nitrogen and oxygen atoms in total. The third-order valence-electron chi connectivity index (χ3n) is 4.06. The molecule has 124 valence electrons. The first-order valence-corrected chi connectivity index (χ1v) is 7.17. The van der Waals surface area contributed by atoms with Gasteiger partial charge in [-0.05, 0) is 33.7 Å². The normalized spacial score (nSPS) is 9.76. The molecule has 0 aliphatic rings. The maximum Gasteiger partial charge on any atom is 2.00 e. The van der Waals surface area contributed by atoms with E-state index in [1.807, 2.05) is 60.7 Å². The zero-order chi connectivity index (χ0) is 15.1. The molecule has 25 heavy (non-hydrogen) atoms. The maximum absolute atomic E-state index is 10.4. The van der Waals surface area contributed by atoms with Crippen LogP contribution in [0.5, 0.6) is 11.5 Å². The third kappa shape index (κ3) is 3.41. The van der Waals surface area contributed by atoms with Crippen molar-refractivity contribution in [3.8, 4) is 22.6 Å². The van der Waals surface area contributed by atoms with Crippen molar-refractivity contribution < 1.29 is 31.9 Å². The molecule has 0 bridgehead atoms. The number of hydrogen-bond acceptors (Lipinski definition) is 2. The van der Waals surface area contributed by atoms with Crippen LogP contribution in [0.2, 0.25) is 0 Å². The molecule has 2 N–H and O–H groups in total. The number of phenols is 2. The van der Waals surface area contributed by atoms with Gasteiger partial charge in [-0.15, -0.1) is 0 Å². The van der Waals surface area contributed by atoms with E-state index in [0.29, 0.717) is 11.1 Å². The van der Waals surface area contributed by atoms with Crippen LogP contribution in [-0.2, 0) is 21.7 Å². The van der Waals surface area contributed by atoms with Crippen molar-refractivity contribution in [3.05, 3.63) is 87.6 Å². The minimum atomic E-state index is 0. The summed E-state index contributed by atoms with van der Waals surface area (Å²) in [5.41, 5.74) is 1.35. The first kappa shape index (κ1) is 20.8. The molecule has 0 aliphatic carbocycles. The molecule has 4 rings (SSSR count). The third-order valence-corrected chi connectivity index (χ3v) is 4.06. The summed E-state index contributed by atoms with van der Waals surface area (Å²) < 4.78 is 0. The minimum Gasteiger partial charge on any atom is -0.507 e. The van der Waals surface area contributed by atoms with E-state index in [0.717, 1.165) is 21.5 Å². The number of hydrogen-bond donors (Lipinski definition) is 2. The predicted octanol–water partition coefficient (Wildman–Crippen LogP) is 5.97. The van der Waals surface area contributed by atoms with Gasteiger partial charge in [0, 0.05) is 11.1 Å². The summed E-state index contributed by atoms with van der Waals surface area (Å²) in [4.78, 5) is 0. The fourth-order valence-electron chi connectivity index (χ4n) is 3.05. The summed E-state index contributed by atoms with van der Waals surface area (Å²) in [5, 5.41) is 24.8. The number of benzene rings is 4. The quantitative estimate of drug-likeness (QED) is 0.323. The largest absolute Gasteiger partial charge is 2.00 e. The molecule has 0 unspecified atom stereocenters. The molecule has 0 saturated heterocycles. The molecular weight excluding hydrogens is 344 g/mol. The van der Waals surface area contributed by atoms with Crippen LogP contribution in [0.3, 0.4) is 0 Å². The maximum atomic E-state index is 10.4. The number of phenolic OH excluding ortho intramolecular Hbond substituents is 2. The van der Waals surface area contributed by atoms with Gasteiger partial charge in [0.1, 0.15) is 11.5 Å². The predicted molar refractivity (Wildman–Crippen MR) is 103 cm³/mol. The van der Waals surface area contributed by atoms with Crippen LogP contribution < -0.4 is 0 Å². The van der Waals surface area contributed by atoms with Crippen LogP contribution in [0.1, 0.15) is 0 Å². The molecular formula is C22H20O2Ti. The van der Waals surface area contributed by atoms with Crippen molar-refractivity contribution in [1.82, 2.24) is 0 Å². The van der Waals surface area contributed by atoms with Crippen molar-refractivity contribution >= 4 is 21.5 Å². The van der Waals surface area contributed by atoms with Crippen LogP contribution >= 0.6 is 0 Å². The van der Waals surface area contributed by atoms with Crippen molar-refractivity contribution in [1.29, 1.82) is 0 Å². The van der Waals surface area contributed by atoms with E-state index in [2.05, 4.69) is 0 Å². The second kappa shape index (κ2) is 8.20. The van der Waals surface area contributed by atoms with Gasteiger partial charge in [-0.2, -0.15) is 0 Å². The Morgan fingerprint density at radius 1 is 0.480 bits per heavy atom. The minimum absolute atomic E-state index is 0. The fourth-order valence-corrected chi connectivity index (χ4v) is 3.05. The summed E-state index contributed by atoms with van der Waals surface area (Å²) in [6.07, 6.45) is 0. The Bertz CT molecular complexity index is 926. The van der Waals surface area contributed by atoms with Crippen LogP contribution in [0.15, 0.2) is 72.8 Å². The van der Waals surface area contributed by atoms with Crippen molar-refractivity contribution in [3.63, 3.8) is 0 Å². The van der Waals surface area contributed by atoms with Crippen molar-refractivity contribution in [2.24, 2.45) is 0 Å². The topological polar surface area (TPSA) is 40.5 Å². The summed E-state index contributed by atoms with van der Waals surface area (Å²) in [6.45, 7) is 0. The van der Waals surface area contributed by atoms with E-state index in [4.69, 9.17) is 0 Å². The van der Waals surface area contributed by atoms with Gasteiger partial charge >= 0.3 is 21.7 Å². The van der Waals surface area contributed by atoms with Gasteiger partial charge in [-0.1, -0.05) is 60.7 Å². The summed E-state index contributed by atoms with van der Waals surface area (Å²) in [7, 11) is 0. The zero-order valence-electron chi connectivity index (χ0n) is 14.3. The Balaban J connectivity index is 0.00000104. The van der Waals surface area contributed by atoms with Crippen LogP contribution in [0, 0.1) is 14.9 Å². The molecule has 0 heterocycles. The molecule has 0 saturated carbocycles. The van der Waals surface area contributed by atoms with Gasteiger partial charge in [0.15, 0.2) is 0 Å². The molecule has 0 fully saturated rings. The number of fused-ring (bicyclic) bond motifs is 2. The smallest absolute Gasteiger partial charge is 0.507 e. The van der Waals surface area contributed by atoms with Gasteiger partial charge in [0.25, 0.3) is 0 Å². The second-order valence-electron chi connectivity index (χ2n) is 5.36. The Morgan fingerprint density at radius 3 is 1.24 bits per heavy atom. The monoisotopic (exact) mass is 364 g/mol. The van der Waals surface area contributed by atoms with Crippen LogP contribution in [0.25, 0.3) is 32.7 Å². The summed E-state index contributed by atoms with van der Waals surface area (Å²) in [5.74, 6) is 0.343. The molecule has 0 radical (unpaired) electrons. The van der Waals surface area contributed by atoms with Crippen LogP contribution in [0.4, 0.5) is 0 Å². The second-order valence-corrected chi connectivity index (χ2v) is 5.36. The average molecular weight is 364 g/mol. The van der Waals surface area contributed by atoms with Gasteiger partial charge in [-0.25, -0.2) is 0 Å². The first-order valence-electron chi connectivity index (χ1n) is 7.17. The van der Waals surface area contributed by atoms with E-state index in [1.165, 1.54) is 0 Å². The van der Waals surface area contributed by atoms with Crippen molar-refractivity contribution in [2.45, 2.75) is 0 Å². The summed E-state index contributed by atoms with van der Waals surface area (Å²) in [6, 6.07) is 22.9. The molecule has 0 aliphatic heterocycles. The fraction of sp³-hybridized carbons (Fsp3) is 0. The van der Waals surface area contributed by atoms with E-state index >= 15 is 0 Å². The van der Waals surface area contributed by atoms with Crippen molar-refractivity contribution in [2.75, 3.05) is 0 Å². The van der Waals surface area contributed by atoms with Gasteiger partial charge < -0.3 is 25.1 Å². The van der Waals surface area contributed by atoms with Gasteiger partial charge in [-0.3, -0.25) is 0 Å². The average Bonchev–Trinajstić information content (AvgIpc) is 2.56. The van der Waals surface area contributed by atoms with Crippen LogP contribution in [-0.4, -0.2) is 10.2 Å². The van der Waals surface area contributed by atoms with E-state index in [9.17, 15) is 10.2 Å². The standard InChI is InChI=1S/C20H14O2.2CH3.Ti/c21-17-11-9-13-5-1-3-7-15(13)19(17)20-16-8-4-2-6-14(16)10-12-18(20)22;;;/h1-12,21-22H;2*1H3;/q;2*-1;+2. The number of rotatable bonds is 1. The summed E-state index contributed by atoms with van der Waals surface area (Å²) >= 11 is 0. The Kier molecular flexibility index (Phi) is 6.81. The Morgan fingerprint density at radius 2 is 0.840 bits per heavy atom. The first-order chi connectivity index (χ1) is 10.8. The molecule has 0 amide bonds. The Hall–Kier alpha value is -2.29. The molecule has 0 spiro atoms. The molecule has 3 heteroatoms.